The Hall–Kier alpha value is -5.72. The molecule has 290 valence electrons. The Bertz CT molecular complexity index is 2340. The zero-order valence-electron chi connectivity index (χ0n) is 29.7. The summed E-state index contributed by atoms with van der Waals surface area (Å²) >= 11 is 0. The Labute approximate surface area is 310 Å². The van der Waals surface area contributed by atoms with E-state index in [0.29, 0.717) is 16.5 Å². The standard InChI is InChI=1S/C37H37F4N7O7/c1-21-16-23(47-12-15-54-20-30(47)37(39,40)41)18-26(38)31(21)33(50)45-27(35(52)55-14-11-42-10-13-49)17-22-5-6-28(32-24(22)4-3-8-44-32)48-34(51)25-7-9-43-19-29(25)46(2)36(48)53/h3-9,16,18-19,27,30,42,49H,10-15,17,20H2,1-2H3,(H,45,50)/t27-,30+/m0/s1. The van der Waals surface area contributed by atoms with E-state index in [1.165, 1.54) is 55.3 Å². The minimum atomic E-state index is -4.65. The smallest absolute Gasteiger partial charge is 0.411 e. The summed E-state index contributed by atoms with van der Waals surface area (Å²) < 4.78 is 69.8. The zero-order chi connectivity index (χ0) is 39.4. The zero-order valence-corrected chi connectivity index (χ0v) is 29.7. The average Bonchev–Trinajstić information content (AvgIpc) is 3.16. The van der Waals surface area contributed by atoms with Gasteiger partial charge in [0.1, 0.15) is 24.5 Å². The van der Waals surface area contributed by atoms with Gasteiger partial charge in [-0.2, -0.15) is 13.2 Å². The molecule has 2 aromatic carbocycles. The number of aliphatic hydroxyl groups is 1. The van der Waals surface area contributed by atoms with E-state index in [0.717, 1.165) is 15.5 Å². The third kappa shape index (κ3) is 8.06. The number of aryl methyl sites for hydroxylation is 2. The lowest BCUT2D eigenvalue weighted by Gasteiger charge is -2.38. The highest BCUT2D eigenvalue weighted by Crippen LogP contribution is 2.33. The fourth-order valence-corrected chi connectivity index (χ4v) is 6.62. The van der Waals surface area contributed by atoms with Gasteiger partial charge in [-0.05, 0) is 48.4 Å². The first kappa shape index (κ1) is 39.0. The molecule has 0 bridgehead atoms. The minimum absolute atomic E-state index is 0.00660. The molecule has 5 aromatic rings. The molecule has 2 atom stereocenters. The molecule has 0 unspecified atom stereocenters. The number of nitrogens with zero attached hydrogens (tertiary/aromatic N) is 5. The van der Waals surface area contributed by atoms with Crippen LogP contribution in [0.1, 0.15) is 21.5 Å². The number of hydrogen-bond acceptors (Lipinski definition) is 11. The number of aliphatic hydroxyl groups excluding tert-OH is 1. The summed E-state index contributed by atoms with van der Waals surface area (Å²) in [5.41, 5.74) is -0.623. The summed E-state index contributed by atoms with van der Waals surface area (Å²) in [5.74, 6) is -3.00. The van der Waals surface area contributed by atoms with E-state index in [4.69, 9.17) is 14.6 Å². The van der Waals surface area contributed by atoms with Gasteiger partial charge in [-0.3, -0.25) is 24.1 Å². The predicted molar refractivity (Wildman–Crippen MR) is 193 cm³/mol. The summed E-state index contributed by atoms with van der Waals surface area (Å²) in [6.45, 7) is 0.707. The number of pyridine rings is 2. The topological polar surface area (TPSA) is 170 Å². The third-order valence-corrected chi connectivity index (χ3v) is 9.32. The van der Waals surface area contributed by atoms with Crippen LogP contribution < -0.4 is 26.8 Å². The Morgan fingerprint density at radius 2 is 1.91 bits per heavy atom. The van der Waals surface area contributed by atoms with Crippen molar-refractivity contribution in [2.24, 2.45) is 7.05 Å². The first-order valence-corrected chi connectivity index (χ1v) is 17.2. The van der Waals surface area contributed by atoms with Gasteiger partial charge in [-0.15, -0.1) is 0 Å². The number of amides is 1. The number of alkyl halides is 3. The summed E-state index contributed by atoms with van der Waals surface area (Å²) in [7, 11) is 1.50. The van der Waals surface area contributed by atoms with Crippen molar-refractivity contribution in [1.82, 2.24) is 29.7 Å². The fraction of sp³-hybridized carbons (Fsp3) is 0.351. The Kier molecular flexibility index (Phi) is 11.6. The van der Waals surface area contributed by atoms with Crippen molar-refractivity contribution < 1.29 is 41.7 Å². The summed E-state index contributed by atoms with van der Waals surface area (Å²) in [4.78, 5) is 63.8. The second kappa shape index (κ2) is 16.3. The molecule has 1 saturated heterocycles. The molecule has 1 fully saturated rings. The monoisotopic (exact) mass is 767 g/mol. The molecular weight excluding hydrogens is 730 g/mol. The van der Waals surface area contributed by atoms with Crippen LogP contribution in [0, 0.1) is 12.7 Å². The van der Waals surface area contributed by atoms with Gasteiger partial charge >= 0.3 is 17.8 Å². The van der Waals surface area contributed by atoms with Crippen LogP contribution in [0.5, 0.6) is 0 Å². The molecular formula is C37H37F4N7O7. The number of ether oxygens (including phenoxy) is 2. The fourth-order valence-electron chi connectivity index (χ4n) is 6.62. The van der Waals surface area contributed by atoms with E-state index in [2.05, 4.69) is 20.6 Å². The first-order chi connectivity index (χ1) is 26.3. The van der Waals surface area contributed by atoms with Gasteiger partial charge in [0, 0.05) is 56.6 Å². The molecule has 3 aromatic heterocycles. The molecule has 0 spiro atoms. The van der Waals surface area contributed by atoms with Gasteiger partial charge in [0.15, 0.2) is 0 Å². The van der Waals surface area contributed by atoms with Gasteiger partial charge in [0.05, 0.1) is 53.7 Å². The quantitative estimate of drug-likeness (QED) is 0.0968. The highest BCUT2D eigenvalue weighted by atomic mass is 19.4. The summed E-state index contributed by atoms with van der Waals surface area (Å²) in [6.07, 6.45) is -0.561. The van der Waals surface area contributed by atoms with Crippen molar-refractivity contribution in [2.75, 3.05) is 51.0 Å². The van der Waals surface area contributed by atoms with Gasteiger partial charge in [-0.25, -0.2) is 18.5 Å². The summed E-state index contributed by atoms with van der Waals surface area (Å²) in [6, 6.07) is 6.51. The van der Waals surface area contributed by atoms with Crippen molar-refractivity contribution >= 4 is 39.4 Å². The maximum absolute atomic E-state index is 15.7. The molecule has 0 aliphatic carbocycles. The van der Waals surface area contributed by atoms with Crippen LogP contribution in [0.3, 0.4) is 0 Å². The van der Waals surface area contributed by atoms with Crippen LogP contribution in [0.4, 0.5) is 23.2 Å². The molecule has 1 aliphatic rings. The molecule has 1 aliphatic heterocycles. The van der Waals surface area contributed by atoms with Crippen LogP contribution in [0.2, 0.25) is 0 Å². The molecule has 55 heavy (non-hydrogen) atoms. The number of esters is 1. The van der Waals surface area contributed by atoms with Gasteiger partial charge < -0.3 is 30.1 Å². The SMILES string of the molecule is Cc1cc(N2CCOC[C@@H]2C(F)(F)F)cc(F)c1C(=O)N[C@@H](Cc1ccc(-n2c(=O)c3ccncc3n(C)c2=O)c2ncccc12)C(=O)OCCNCCO. The van der Waals surface area contributed by atoms with Crippen LogP contribution in [-0.4, -0.2) is 100 Å². The number of fused-ring (bicyclic) bond motifs is 2. The number of halogens is 4. The number of hydrogen-bond donors (Lipinski definition) is 3. The van der Waals surface area contributed by atoms with Gasteiger partial charge in [-0.1, -0.05) is 12.1 Å². The number of carbonyl (C=O) groups is 2. The Balaban J connectivity index is 1.35. The van der Waals surface area contributed by atoms with Crippen LogP contribution in [0.15, 0.2) is 70.6 Å². The predicted octanol–water partition coefficient (Wildman–Crippen LogP) is 2.31. The number of benzene rings is 2. The second-order valence-electron chi connectivity index (χ2n) is 12.8. The van der Waals surface area contributed by atoms with E-state index in [1.54, 1.807) is 18.2 Å². The molecule has 0 radical (unpaired) electrons. The minimum Gasteiger partial charge on any atom is -0.463 e. The lowest BCUT2D eigenvalue weighted by molar-refractivity contribution is -0.167. The highest BCUT2D eigenvalue weighted by Gasteiger charge is 2.45. The second-order valence-corrected chi connectivity index (χ2v) is 12.8. The lowest BCUT2D eigenvalue weighted by Crippen LogP contribution is -2.53. The van der Waals surface area contributed by atoms with Crippen molar-refractivity contribution in [2.45, 2.75) is 31.6 Å². The number of carbonyl (C=O) groups excluding carboxylic acids is 2. The molecule has 0 saturated carbocycles. The number of morpholine rings is 1. The Morgan fingerprint density at radius 3 is 2.65 bits per heavy atom. The Morgan fingerprint density at radius 1 is 1.11 bits per heavy atom. The normalized spacial score (nSPS) is 15.3. The number of aromatic nitrogens is 4. The van der Waals surface area contributed by atoms with Crippen LogP contribution in [-0.2, 0) is 27.7 Å². The van der Waals surface area contributed by atoms with Gasteiger partial charge in [0.2, 0.25) is 0 Å². The molecule has 14 nitrogen and oxygen atoms in total. The number of nitrogens with one attached hydrogen (secondary N) is 2. The van der Waals surface area contributed by atoms with E-state index in [9.17, 15) is 32.3 Å². The largest absolute Gasteiger partial charge is 0.463 e. The average molecular weight is 768 g/mol. The van der Waals surface area contributed by atoms with E-state index in [-0.39, 0.29) is 73.7 Å². The summed E-state index contributed by atoms with van der Waals surface area (Å²) in [5, 5.41) is 15.1. The van der Waals surface area contributed by atoms with E-state index < -0.39 is 59.4 Å². The molecule has 6 rings (SSSR count). The number of anilines is 1. The maximum Gasteiger partial charge on any atom is 0.411 e. The van der Waals surface area contributed by atoms with Crippen molar-refractivity contribution in [3.05, 3.63) is 104 Å². The highest BCUT2D eigenvalue weighted by molar-refractivity contribution is 5.99. The van der Waals surface area contributed by atoms with Crippen molar-refractivity contribution in [1.29, 1.82) is 0 Å². The van der Waals surface area contributed by atoms with Gasteiger partial charge in [0.25, 0.3) is 11.5 Å². The van der Waals surface area contributed by atoms with Crippen LogP contribution >= 0.6 is 0 Å². The van der Waals surface area contributed by atoms with Crippen molar-refractivity contribution in [3.63, 3.8) is 0 Å². The van der Waals surface area contributed by atoms with Crippen LogP contribution in [0.25, 0.3) is 27.5 Å². The molecule has 18 heteroatoms. The maximum atomic E-state index is 15.7. The first-order valence-electron chi connectivity index (χ1n) is 17.2. The van der Waals surface area contributed by atoms with Crippen molar-refractivity contribution in [3.8, 4) is 5.69 Å². The molecule has 1 amide bonds. The molecule has 3 N–H and O–H groups in total. The number of rotatable bonds is 12. The lowest BCUT2D eigenvalue weighted by atomic mass is 9.99. The van der Waals surface area contributed by atoms with E-state index >= 15 is 4.39 Å². The third-order valence-electron chi connectivity index (χ3n) is 9.32. The van der Waals surface area contributed by atoms with E-state index in [1.807, 2.05) is 0 Å². The molecule has 4 heterocycles.